The number of ketones is 1. The molecule has 1 unspecified atom stereocenters. The van der Waals surface area contributed by atoms with Gasteiger partial charge in [0.2, 0.25) is 0 Å². The van der Waals surface area contributed by atoms with Crippen molar-refractivity contribution in [2.45, 2.75) is 52.9 Å². The summed E-state index contributed by atoms with van der Waals surface area (Å²) in [6, 6.07) is 0. The fourth-order valence-corrected chi connectivity index (χ4v) is 2.31. The highest BCUT2D eigenvalue weighted by molar-refractivity contribution is 5.91. The van der Waals surface area contributed by atoms with Crippen molar-refractivity contribution in [3.8, 4) is 0 Å². The zero-order chi connectivity index (χ0) is 10.6. The second kappa shape index (κ2) is 4.77. The number of carbonyl (C=O) groups is 1. The minimum absolute atomic E-state index is 0.293. The topological polar surface area (TPSA) is 17.1 Å². The van der Waals surface area contributed by atoms with Gasteiger partial charge in [-0.3, -0.25) is 4.79 Å². The van der Waals surface area contributed by atoms with E-state index in [2.05, 4.69) is 20.8 Å². The van der Waals surface area contributed by atoms with Gasteiger partial charge in [0, 0.05) is 5.92 Å². The van der Waals surface area contributed by atoms with Gasteiger partial charge >= 0.3 is 0 Å². The molecule has 0 bridgehead atoms. The Kier molecular flexibility index (Phi) is 3.91. The molecule has 1 heteroatoms. The molecule has 0 aromatic carbocycles. The number of hydrogen-bond donors (Lipinski definition) is 0. The van der Waals surface area contributed by atoms with Crippen LogP contribution in [0.4, 0.5) is 0 Å². The van der Waals surface area contributed by atoms with Gasteiger partial charge in [0.25, 0.3) is 0 Å². The molecule has 0 spiro atoms. The van der Waals surface area contributed by atoms with E-state index in [1.807, 2.05) is 6.08 Å². The molecule has 1 aliphatic rings. The smallest absolute Gasteiger partial charge is 0.158 e. The van der Waals surface area contributed by atoms with Crippen LogP contribution >= 0.6 is 0 Å². The average Bonchev–Trinajstić information content (AvgIpc) is 2.12. The Hall–Kier alpha value is -0.590. The molecule has 0 heterocycles. The predicted octanol–water partition coefficient (Wildman–Crippen LogP) is 3.74. The van der Waals surface area contributed by atoms with Crippen molar-refractivity contribution in [2.24, 2.45) is 11.3 Å². The first-order valence-electron chi connectivity index (χ1n) is 5.75. The number of hydrogen-bond acceptors (Lipinski definition) is 1. The summed E-state index contributed by atoms with van der Waals surface area (Å²) in [6.45, 7) is 6.61. The van der Waals surface area contributed by atoms with Gasteiger partial charge in [-0.25, -0.2) is 0 Å². The molecule has 1 atom stereocenters. The maximum absolute atomic E-state index is 11.8. The summed E-state index contributed by atoms with van der Waals surface area (Å²) in [5, 5.41) is 0. The van der Waals surface area contributed by atoms with Crippen LogP contribution in [0.2, 0.25) is 0 Å². The third kappa shape index (κ3) is 3.28. The van der Waals surface area contributed by atoms with Gasteiger partial charge in [0.05, 0.1) is 0 Å². The first kappa shape index (κ1) is 11.5. The van der Waals surface area contributed by atoms with E-state index in [1.54, 1.807) is 6.08 Å². The lowest BCUT2D eigenvalue weighted by Crippen LogP contribution is -2.26. The molecule has 0 saturated heterocycles. The third-order valence-electron chi connectivity index (χ3n) is 3.13. The summed E-state index contributed by atoms with van der Waals surface area (Å²) >= 11 is 0. The summed E-state index contributed by atoms with van der Waals surface area (Å²) in [7, 11) is 0. The molecule has 14 heavy (non-hydrogen) atoms. The third-order valence-corrected chi connectivity index (χ3v) is 3.13. The van der Waals surface area contributed by atoms with Gasteiger partial charge in [0.15, 0.2) is 5.78 Å². The summed E-state index contributed by atoms with van der Waals surface area (Å²) in [6.07, 6.45) is 9.37. The first-order chi connectivity index (χ1) is 6.55. The molecule has 0 aromatic heterocycles. The Balaban J connectivity index is 2.52. The summed E-state index contributed by atoms with van der Waals surface area (Å²) in [4.78, 5) is 11.8. The molecular formula is C13H22O. The van der Waals surface area contributed by atoms with Crippen LogP contribution in [0.25, 0.3) is 0 Å². The molecule has 0 radical (unpaired) electrons. The molecule has 1 fully saturated rings. The predicted molar refractivity (Wildman–Crippen MR) is 60.2 cm³/mol. The Morgan fingerprint density at radius 2 is 2.21 bits per heavy atom. The lowest BCUT2D eigenvalue weighted by atomic mass is 9.71. The van der Waals surface area contributed by atoms with Gasteiger partial charge in [-0.1, -0.05) is 33.3 Å². The van der Waals surface area contributed by atoms with E-state index in [0.29, 0.717) is 17.1 Å². The Labute approximate surface area is 87.6 Å². The van der Waals surface area contributed by atoms with Gasteiger partial charge in [0.1, 0.15) is 0 Å². The molecule has 0 aliphatic heterocycles. The normalized spacial score (nSPS) is 26.6. The maximum atomic E-state index is 11.8. The molecule has 1 nitrogen and oxygen atoms in total. The lowest BCUT2D eigenvalue weighted by Gasteiger charge is -2.33. The molecule has 1 rings (SSSR count). The van der Waals surface area contributed by atoms with Crippen molar-refractivity contribution in [3.05, 3.63) is 12.2 Å². The molecular weight excluding hydrogens is 172 g/mol. The second-order valence-corrected chi connectivity index (χ2v) is 5.17. The summed E-state index contributed by atoms with van der Waals surface area (Å²) in [5.74, 6) is 0.640. The lowest BCUT2D eigenvalue weighted by molar-refractivity contribution is -0.120. The molecule has 0 aromatic rings. The van der Waals surface area contributed by atoms with Crippen LogP contribution in [0.15, 0.2) is 12.2 Å². The quantitative estimate of drug-likeness (QED) is 0.625. The van der Waals surface area contributed by atoms with Crippen LogP contribution < -0.4 is 0 Å². The molecule has 1 saturated carbocycles. The van der Waals surface area contributed by atoms with E-state index < -0.39 is 0 Å². The van der Waals surface area contributed by atoms with E-state index in [4.69, 9.17) is 0 Å². The molecule has 80 valence electrons. The standard InChI is InChI=1S/C13H22O/c1-4-5-8-12(14)11-7-6-9-13(2,3)10-11/h5,8,11H,4,6-7,9-10H2,1-3H3/b8-5+. The van der Waals surface area contributed by atoms with Gasteiger partial charge in [-0.2, -0.15) is 0 Å². The number of carbonyl (C=O) groups excluding carboxylic acids is 1. The van der Waals surface area contributed by atoms with Crippen LogP contribution in [0, 0.1) is 11.3 Å². The average molecular weight is 194 g/mol. The Bertz CT molecular complexity index is 225. The van der Waals surface area contributed by atoms with Crippen molar-refractivity contribution in [3.63, 3.8) is 0 Å². The molecule has 0 amide bonds. The number of rotatable bonds is 3. The van der Waals surface area contributed by atoms with Crippen LogP contribution in [0.3, 0.4) is 0 Å². The summed E-state index contributed by atoms with van der Waals surface area (Å²) in [5.41, 5.74) is 0.374. The van der Waals surface area contributed by atoms with E-state index >= 15 is 0 Å². The second-order valence-electron chi connectivity index (χ2n) is 5.17. The fourth-order valence-electron chi connectivity index (χ4n) is 2.31. The zero-order valence-electron chi connectivity index (χ0n) is 9.68. The van der Waals surface area contributed by atoms with Gasteiger partial charge in [-0.15, -0.1) is 0 Å². The first-order valence-corrected chi connectivity index (χ1v) is 5.75. The minimum Gasteiger partial charge on any atom is -0.295 e. The van der Waals surface area contributed by atoms with Crippen LogP contribution in [-0.2, 0) is 4.79 Å². The van der Waals surface area contributed by atoms with E-state index in [1.165, 1.54) is 12.8 Å². The van der Waals surface area contributed by atoms with E-state index in [9.17, 15) is 4.79 Å². The van der Waals surface area contributed by atoms with Crippen molar-refractivity contribution < 1.29 is 4.79 Å². The van der Waals surface area contributed by atoms with Crippen molar-refractivity contribution in [2.75, 3.05) is 0 Å². The maximum Gasteiger partial charge on any atom is 0.158 e. The largest absolute Gasteiger partial charge is 0.295 e. The highest BCUT2D eigenvalue weighted by Gasteiger charge is 2.30. The SMILES string of the molecule is CC/C=C/C(=O)C1CCCC(C)(C)C1. The number of allylic oxidation sites excluding steroid dienone is 2. The van der Waals surface area contributed by atoms with Crippen molar-refractivity contribution in [1.29, 1.82) is 0 Å². The van der Waals surface area contributed by atoms with Crippen LogP contribution in [0.5, 0.6) is 0 Å². The Morgan fingerprint density at radius 3 is 2.79 bits per heavy atom. The molecule has 0 N–H and O–H groups in total. The Morgan fingerprint density at radius 1 is 1.50 bits per heavy atom. The van der Waals surface area contributed by atoms with Gasteiger partial charge < -0.3 is 0 Å². The molecule has 1 aliphatic carbocycles. The van der Waals surface area contributed by atoms with Crippen LogP contribution in [0.1, 0.15) is 52.9 Å². The fraction of sp³-hybridized carbons (Fsp3) is 0.769. The van der Waals surface area contributed by atoms with Gasteiger partial charge in [-0.05, 0) is 37.2 Å². The minimum atomic E-state index is 0.293. The highest BCUT2D eigenvalue weighted by atomic mass is 16.1. The van der Waals surface area contributed by atoms with Crippen LogP contribution in [-0.4, -0.2) is 5.78 Å². The highest BCUT2D eigenvalue weighted by Crippen LogP contribution is 2.38. The summed E-state index contributed by atoms with van der Waals surface area (Å²) < 4.78 is 0. The van der Waals surface area contributed by atoms with E-state index in [0.717, 1.165) is 19.3 Å². The zero-order valence-corrected chi connectivity index (χ0v) is 9.68. The van der Waals surface area contributed by atoms with Crippen molar-refractivity contribution >= 4 is 5.78 Å². The van der Waals surface area contributed by atoms with E-state index in [-0.39, 0.29) is 0 Å². The monoisotopic (exact) mass is 194 g/mol. The van der Waals surface area contributed by atoms with Crippen molar-refractivity contribution in [1.82, 2.24) is 0 Å².